The van der Waals surface area contributed by atoms with Crippen LogP contribution in [0.5, 0.6) is 0 Å². The second-order valence-corrected chi connectivity index (χ2v) is 6.96. The van der Waals surface area contributed by atoms with Gasteiger partial charge in [-0.15, -0.1) is 0 Å². The van der Waals surface area contributed by atoms with Crippen molar-refractivity contribution in [1.29, 1.82) is 0 Å². The Bertz CT molecular complexity index is 908. The third-order valence-corrected chi connectivity index (χ3v) is 4.51. The summed E-state index contributed by atoms with van der Waals surface area (Å²) in [6, 6.07) is 10.6. The summed E-state index contributed by atoms with van der Waals surface area (Å²) in [6.07, 6.45) is 1.87. The molecule has 1 aliphatic carbocycles. The zero-order valence-electron chi connectivity index (χ0n) is 15.7. The number of rotatable bonds is 6. The predicted molar refractivity (Wildman–Crippen MR) is 104 cm³/mol. The van der Waals surface area contributed by atoms with Crippen molar-refractivity contribution in [3.63, 3.8) is 0 Å². The number of benzene rings is 2. The largest absolute Gasteiger partial charge is 0.345 e. The average Bonchev–Trinajstić information content (AvgIpc) is 3.48. The Kier molecular flexibility index (Phi) is 5.73. The number of anilines is 2. The molecule has 0 bridgehead atoms. The van der Waals surface area contributed by atoms with Gasteiger partial charge in [-0.25, -0.2) is 4.39 Å². The normalized spacial score (nSPS) is 14.1. The molecule has 0 aromatic heterocycles. The zero-order valence-corrected chi connectivity index (χ0v) is 15.7. The van der Waals surface area contributed by atoms with Gasteiger partial charge in [-0.3, -0.25) is 14.4 Å². The molecule has 146 valence electrons. The van der Waals surface area contributed by atoms with Crippen molar-refractivity contribution in [2.75, 3.05) is 10.6 Å². The van der Waals surface area contributed by atoms with Gasteiger partial charge in [0.05, 0.1) is 11.6 Å². The molecule has 1 atom stereocenters. The van der Waals surface area contributed by atoms with E-state index in [9.17, 15) is 18.8 Å². The number of nitrogens with one attached hydrogen (secondary N) is 3. The van der Waals surface area contributed by atoms with Crippen molar-refractivity contribution >= 4 is 29.1 Å². The molecule has 7 heteroatoms. The molecule has 1 unspecified atom stereocenters. The number of halogens is 1. The van der Waals surface area contributed by atoms with Gasteiger partial charge in [0, 0.05) is 24.2 Å². The monoisotopic (exact) mass is 383 g/mol. The van der Waals surface area contributed by atoms with Crippen molar-refractivity contribution in [3.05, 3.63) is 59.4 Å². The fraction of sp³-hybridized carbons (Fsp3) is 0.286. The lowest BCUT2D eigenvalue weighted by Crippen LogP contribution is -2.27. The molecule has 1 aliphatic rings. The molecule has 0 aliphatic heterocycles. The fourth-order valence-electron chi connectivity index (χ4n) is 2.78. The van der Waals surface area contributed by atoms with E-state index in [4.69, 9.17) is 0 Å². The molecule has 6 nitrogen and oxygen atoms in total. The van der Waals surface area contributed by atoms with Crippen molar-refractivity contribution in [3.8, 4) is 0 Å². The first-order chi connectivity index (χ1) is 13.3. The highest BCUT2D eigenvalue weighted by atomic mass is 19.1. The minimum absolute atomic E-state index is 0.0311. The first-order valence-electron chi connectivity index (χ1n) is 9.12. The molecule has 2 aromatic carbocycles. The van der Waals surface area contributed by atoms with Crippen LogP contribution in [-0.2, 0) is 9.59 Å². The zero-order chi connectivity index (χ0) is 20.3. The summed E-state index contributed by atoms with van der Waals surface area (Å²) < 4.78 is 14.0. The summed E-state index contributed by atoms with van der Waals surface area (Å²) in [4.78, 5) is 35.4. The number of hydrogen-bond acceptors (Lipinski definition) is 3. The molecule has 28 heavy (non-hydrogen) atoms. The summed E-state index contributed by atoms with van der Waals surface area (Å²) in [5.74, 6) is -1.40. The van der Waals surface area contributed by atoms with Gasteiger partial charge in [0.25, 0.3) is 5.91 Å². The number of amides is 3. The van der Waals surface area contributed by atoms with E-state index in [2.05, 4.69) is 16.0 Å². The standard InChI is InChI=1S/C21H22FN3O3/c1-12(14-5-7-16(8-6-14)25-20(27)15-3-4-15)23-21(28)18-11-17(24-13(2)26)9-10-19(18)22/h5-12,15H,3-4H2,1-2H3,(H,23,28)(H,24,26)(H,25,27). The lowest BCUT2D eigenvalue weighted by atomic mass is 10.1. The Hall–Kier alpha value is -3.22. The van der Waals surface area contributed by atoms with Gasteiger partial charge in [0.15, 0.2) is 0 Å². The first-order valence-corrected chi connectivity index (χ1v) is 9.12. The number of hydrogen-bond donors (Lipinski definition) is 3. The molecule has 0 spiro atoms. The van der Waals surface area contributed by atoms with Gasteiger partial charge in [-0.1, -0.05) is 12.1 Å². The smallest absolute Gasteiger partial charge is 0.254 e. The van der Waals surface area contributed by atoms with Crippen LogP contribution in [0, 0.1) is 11.7 Å². The quantitative estimate of drug-likeness (QED) is 0.712. The Morgan fingerprint density at radius 1 is 1.00 bits per heavy atom. The molecule has 0 radical (unpaired) electrons. The first kappa shape index (κ1) is 19.5. The van der Waals surface area contributed by atoms with E-state index in [1.54, 1.807) is 31.2 Å². The Labute approximate surface area is 162 Å². The van der Waals surface area contributed by atoms with Crippen molar-refractivity contribution < 1.29 is 18.8 Å². The molecule has 2 aromatic rings. The van der Waals surface area contributed by atoms with E-state index in [0.717, 1.165) is 24.5 Å². The number of carbonyl (C=O) groups excluding carboxylic acids is 3. The van der Waals surface area contributed by atoms with Gasteiger partial charge < -0.3 is 16.0 Å². The minimum atomic E-state index is -0.670. The maximum Gasteiger partial charge on any atom is 0.254 e. The maximum atomic E-state index is 14.0. The van der Waals surface area contributed by atoms with Gasteiger partial charge >= 0.3 is 0 Å². The molecule has 0 heterocycles. The lowest BCUT2D eigenvalue weighted by molar-refractivity contribution is -0.117. The Morgan fingerprint density at radius 3 is 2.25 bits per heavy atom. The molecular formula is C21H22FN3O3. The lowest BCUT2D eigenvalue weighted by Gasteiger charge is -2.16. The third kappa shape index (κ3) is 4.94. The van der Waals surface area contributed by atoms with Crippen LogP contribution < -0.4 is 16.0 Å². The predicted octanol–water partition coefficient (Wildman–Crippen LogP) is 3.62. The van der Waals surface area contributed by atoms with Crippen LogP contribution in [0.25, 0.3) is 0 Å². The topological polar surface area (TPSA) is 87.3 Å². The molecule has 3 rings (SSSR count). The molecule has 1 saturated carbocycles. The van der Waals surface area contributed by atoms with Crippen molar-refractivity contribution in [1.82, 2.24) is 5.32 Å². The summed E-state index contributed by atoms with van der Waals surface area (Å²) in [6.45, 7) is 3.12. The summed E-state index contributed by atoms with van der Waals surface area (Å²) in [7, 11) is 0. The van der Waals surface area contributed by atoms with Crippen molar-refractivity contribution in [2.24, 2.45) is 5.92 Å². The van der Waals surface area contributed by atoms with Gasteiger partial charge in [-0.2, -0.15) is 0 Å². The van der Waals surface area contributed by atoms with Gasteiger partial charge in [0.1, 0.15) is 5.82 Å². The SMILES string of the molecule is CC(=O)Nc1ccc(F)c(C(=O)NC(C)c2ccc(NC(=O)C3CC3)cc2)c1. The van der Waals surface area contributed by atoms with Crippen LogP contribution in [0.1, 0.15) is 48.7 Å². The second-order valence-electron chi connectivity index (χ2n) is 6.96. The second kappa shape index (κ2) is 8.21. The Morgan fingerprint density at radius 2 is 1.64 bits per heavy atom. The van der Waals surface area contributed by atoms with Gasteiger partial charge in [0.2, 0.25) is 11.8 Å². The highest BCUT2D eigenvalue weighted by Crippen LogP contribution is 2.30. The molecule has 3 N–H and O–H groups in total. The summed E-state index contributed by atoms with van der Waals surface area (Å²) in [5.41, 5.74) is 1.72. The van der Waals surface area contributed by atoms with Crippen LogP contribution in [0.15, 0.2) is 42.5 Å². The minimum Gasteiger partial charge on any atom is -0.345 e. The third-order valence-electron chi connectivity index (χ3n) is 4.51. The molecule has 3 amide bonds. The molecule has 0 saturated heterocycles. The van der Waals surface area contributed by atoms with E-state index in [1.807, 2.05) is 0 Å². The van der Waals surface area contributed by atoms with Crippen LogP contribution in [0.4, 0.5) is 15.8 Å². The van der Waals surface area contributed by atoms with Crippen LogP contribution >= 0.6 is 0 Å². The molecular weight excluding hydrogens is 361 g/mol. The Balaban J connectivity index is 1.65. The maximum absolute atomic E-state index is 14.0. The van der Waals surface area contributed by atoms with Gasteiger partial charge in [-0.05, 0) is 55.7 Å². The fourth-order valence-corrected chi connectivity index (χ4v) is 2.78. The average molecular weight is 383 g/mol. The summed E-state index contributed by atoms with van der Waals surface area (Å²) in [5, 5.41) is 8.13. The van der Waals surface area contributed by atoms with Crippen LogP contribution in [0.3, 0.4) is 0 Å². The van der Waals surface area contributed by atoms with E-state index in [1.165, 1.54) is 19.1 Å². The van der Waals surface area contributed by atoms with Crippen LogP contribution in [0.2, 0.25) is 0 Å². The summed E-state index contributed by atoms with van der Waals surface area (Å²) >= 11 is 0. The van der Waals surface area contributed by atoms with E-state index in [-0.39, 0.29) is 29.3 Å². The van der Waals surface area contributed by atoms with E-state index < -0.39 is 11.7 Å². The van der Waals surface area contributed by atoms with Crippen LogP contribution in [-0.4, -0.2) is 17.7 Å². The van der Waals surface area contributed by atoms with E-state index >= 15 is 0 Å². The molecule has 1 fully saturated rings. The number of carbonyl (C=O) groups is 3. The van der Waals surface area contributed by atoms with E-state index in [0.29, 0.717) is 11.4 Å². The van der Waals surface area contributed by atoms with Crippen molar-refractivity contribution in [2.45, 2.75) is 32.7 Å². The highest BCUT2D eigenvalue weighted by Gasteiger charge is 2.29. The highest BCUT2D eigenvalue weighted by molar-refractivity contribution is 5.97.